The van der Waals surface area contributed by atoms with Crippen LogP contribution in [0.15, 0.2) is 24.3 Å². The number of nitrogens with one attached hydrogen (secondary N) is 1. The lowest BCUT2D eigenvalue weighted by atomic mass is 9.87. The zero-order valence-electron chi connectivity index (χ0n) is 13.7. The highest BCUT2D eigenvalue weighted by atomic mass is 35.5. The monoisotopic (exact) mass is 347 g/mol. The Kier molecular flexibility index (Phi) is 5.04. The van der Waals surface area contributed by atoms with Gasteiger partial charge in [-0.05, 0) is 67.2 Å². The second-order valence-electron chi connectivity index (χ2n) is 6.98. The van der Waals surface area contributed by atoms with Gasteiger partial charge in [-0.3, -0.25) is 4.79 Å². The number of hydrogen-bond acceptors (Lipinski definition) is 3. The van der Waals surface area contributed by atoms with Crippen molar-refractivity contribution in [2.45, 2.75) is 32.2 Å². The third kappa shape index (κ3) is 3.25. The maximum atomic E-state index is 12.4. The zero-order valence-corrected chi connectivity index (χ0v) is 14.4. The Morgan fingerprint density at radius 1 is 1.21 bits per heavy atom. The van der Waals surface area contributed by atoms with Crippen molar-refractivity contribution in [3.8, 4) is 0 Å². The van der Waals surface area contributed by atoms with Crippen molar-refractivity contribution in [1.29, 1.82) is 0 Å². The van der Waals surface area contributed by atoms with Gasteiger partial charge in [0.2, 0.25) is 0 Å². The summed E-state index contributed by atoms with van der Waals surface area (Å²) in [6, 6.07) is 7.04. The van der Waals surface area contributed by atoms with Crippen LogP contribution in [0.2, 0.25) is 5.02 Å². The van der Waals surface area contributed by atoms with E-state index in [1.165, 1.54) is 0 Å². The number of rotatable bonds is 7. The topological polar surface area (TPSA) is 63.2 Å². The fourth-order valence-electron chi connectivity index (χ4n) is 4.42. The molecular weight excluding hydrogens is 326 g/mol. The average Bonchev–Trinajstić information content (AvgIpc) is 3.07. The van der Waals surface area contributed by atoms with Crippen molar-refractivity contribution in [3.05, 3.63) is 34.9 Å². The molecule has 1 N–H and O–H groups in total. The van der Waals surface area contributed by atoms with Gasteiger partial charge in [0.25, 0.3) is 5.91 Å². The quantitative estimate of drug-likeness (QED) is 0.608. The molecular formula is C19H22ClNO3. The normalized spacial score (nSPS) is 29.0. The van der Waals surface area contributed by atoms with Gasteiger partial charge in [0.05, 0.1) is 5.92 Å². The molecule has 1 aromatic carbocycles. The third-order valence-electron chi connectivity index (χ3n) is 5.73. The van der Waals surface area contributed by atoms with E-state index in [0.717, 1.165) is 31.8 Å². The number of carbonyl (C=O) groups excluding carboxylic acids is 3. The maximum Gasteiger partial charge on any atom is 0.251 e. The number of benzene rings is 1. The molecule has 1 amide bonds. The molecule has 0 saturated heterocycles. The molecule has 2 fully saturated rings. The first-order valence-electron chi connectivity index (χ1n) is 8.56. The van der Waals surface area contributed by atoms with Crippen molar-refractivity contribution >= 4 is 30.1 Å². The third-order valence-corrected chi connectivity index (χ3v) is 5.99. The van der Waals surface area contributed by atoms with E-state index in [4.69, 9.17) is 11.6 Å². The van der Waals surface area contributed by atoms with E-state index in [0.29, 0.717) is 28.3 Å². The van der Waals surface area contributed by atoms with Crippen molar-refractivity contribution in [1.82, 2.24) is 5.32 Å². The summed E-state index contributed by atoms with van der Waals surface area (Å²) in [5.41, 5.74) is 0.614. The van der Waals surface area contributed by atoms with Crippen molar-refractivity contribution in [2.75, 3.05) is 0 Å². The van der Waals surface area contributed by atoms with E-state index in [2.05, 4.69) is 12.2 Å². The highest BCUT2D eigenvalue weighted by Gasteiger charge is 2.59. The minimum Gasteiger partial charge on any atom is -0.349 e. The van der Waals surface area contributed by atoms with Crippen LogP contribution in [0.1, 0.15) is 36.5 Å². The zero-order chi connectivity index (χ0) is 17.3. The Labute approximate surface area is 147 Å². The van der Waals surface area contributed by atoms with Gasteiger partial charge in [-0.2, -0.15) is 0 Å². The Morgan fingerprint density at radius 2 is 1.79 bits per heavy atom. The van der Waals surface area contributed by atoms with E-state index in [9.17, 15) is 14.4 Å². The first-order valence-corrected chi connectivity index (χ1v) is 8.93. The molecule has 0 bridgehead atoms. The summed E-state index contributed by atoms with van der Waals surface area (Å²) >= 11 is 5.86. The summed E-state index contributed by atoms with van der Waals surface area (Å²) in [6.07, 6.45) is 4.27. The van der Waals surface area contributed by atoms with Crippen LogP contribution in [0.25, 0.3) is 0 Å². The maximum absolute atomic E-state index is 12.4. The fraction of sp³-hybridized carbons (Fsp3) is 0.526. The molecule has 3 rings (SSSR count). The summed E-state index contributed by atoms with van der Waals surface area (Å²) in [7, 11) is 0. The molecule has 0 radical (unpaired) electrons. The first kappa shape index (κ1) is 17.2. The van der Waals surface area contributed by atoms with E-state index < -0.39 is 5.92 Å². The Balaban J connectivity index is 1.57. The molecule has 2 unspecified atom stereocenters. The second kappa shape index (κ2) is 7.06. The van der Waals surface area contributed by atoms with Crippen molar-refractivity contribution < 1.29 is 14.4 Å². The average molecular weight is 348 g/mol. The van der Waals surface area contributed by atoms with Crippen LogP contribution in [-0.4, -0.2) is 24.5 Å². The molecule has 1 aromatic rings. The molecule has 0 aliphatic heterocycles. The number of fused-ring (bicyclic) bond motifs is 1. The summed E-state index contributed by atoms with van der Waals surface area (Å²) in [6.45, 7) is 2.08. The number of amides is 1. The van der Waals surface area contributed by atoms with Crippen LogP contribution in [0.5, 0.6) is 0 Å². The molecule has 2 saturated carbocycles. The molecule has 0 heterocycles. The Bertz CT molecular complexity index is 610. The fourth-order valence-corrected chi connectivity index (χ4v) is 4.55. The lowest BCUT2D eigenvalue weighted by molar-refractivity contribution is -0.121. The van der Waals surface area contributed by atoms with Gasteiger partial charge in [0.1, 0.15) is 12.6 Å². The molecule has 2 aliphatic rings. The SMILES string of the molecule is CC[C@@H](NC(=O)c1ccc(Cl)cc1)C1[C@H]2CC(C(C=O)C=O)C[C@@H]12. The van der Waals surface area contributed by atoms with E-state index in [-0.39, 0.29) is 17.9 Å². The molecule has 5 heteroatoms. The van der Waals surface area contributed by atoms with Gasteiger partial charge in [0, 0.05) is 16.6 Å². The van der Waals surface area contributed by atoms with Crippen molar-refractivity contribution in [2.24, 2.45) is 29.6 Å². The van der Waals surface area contributed by atoms with Crippen LogP contribution in [0.3, 0.4) is 0 Å². The van der Waals surface area contributed by atoms with Gasteiger partial charge >= 0.3 is 0 Å². The summed E-state index contributed by atoms with van der Waals surface area (Å²) < 4.78 is 0. The molecule has 0 spiro atoms. The molecule has 0 aromatic heterocycles. The number of aldehydes is 2. The predicted octanol–water partition coefficient (Wildman–Crippen LogP) is 3.13. The standard InChI is InChI=1S/C19H22ClNO3/c1-2-17(21-19(24)11-3-5-14(20)6-4-11)18-15-7-12(8-16(15)18)13(9-22)10-23/h3-6,9-10,12-13,15-18H,2,7-8H2,1H3,(H,21,24)/t12?,15-,16+,17-,18?/m1/s1. The van der Waals surface area contributed by atoms with E-state index in [1.807, 2.05) is 0 Å². The molecule has 4 nitrogen and oxygen atoms in total. The predicted molar refractivity (Wildman–Crippen MR) is 91.8 cm³/mol. The molecule has 2 aliphatic carbocycles. The summed E-state index contributed by atoms with van der Waals surface area (Å²) in [4.78, 5) is 34.3. The molecule has 24 heavy (non-hydrogen) atoms. The first-order chi connectivity index (χ1) is 11.6. The van der Waals surface area contributed by atoms with Gasteiger partial charge in [-0.15, -0.1) is 0 Å². The van der Waals surface area contributed by atoms with E-state index in [1.54, 1.807) is 24.3 Å². The molecule has 5 atom stereocenters. The van der Waals surface area contributed by atoms with Crippen molar-refractivity contribution in [3.63, 3.8) is 0 Å². The lowest BCUT2D eigenvalue weighted by Gasteiger charge is -2.22. The summed E-state index contributed by atoms with van der Waals surface area (Å²) in [5, 5.41) is 3.76. The number of hydrogen-bond donors (Lipinski definition) is 1. The van der Waals surface area contributed by atoms with Crippen LogP contribution in [-0.2, 0) is 9.59 Å². The highest BCUT2D eigenvalue weighted by molar-refractivity contribution is 6.30. The minimum atomic E-state index is -0.456. The molecule has 128 valence electrons. The number of carbonyl (C=O) groups is 3. The largest absolute Gasteiger partial charge is 0.349 e. The highest BCUT2D eigenvalue weighted by Crippen LogP contribution is 2.62. The Hall–Kier alpha value is -1.68. The second-order valence-corrected chi connectivity index (χ2v) is 7.42. The van der Waals surface area contributed by atoms with E-state index >= 15 is 0 Å². The summed E-state index contributed by atoms with van der Waals surface area (Å²) in [5.74, 6) is 1.21. The van der Waals surface area contributed by atoms with Gasteiger partial charge < -0.3 is 14.9 Å². The Morgan fingerprint density at radius 3 is 2.29 bits per heavy atom. The van der Waals surface area contributed by atoms with Crippen LogP contribution >= 0.6 is 11.6 Å². The smallest absolute Gasteiger partial charge is 0.251 e. The van der Waals surface area contributed by atoms with Gasteiger partial charge in [0.15, 0.2) is 0 Å². The van der Waals surface area contributed by atoms with Crippen LogP contribution in [0, 0.1) is 29.6 Å². The minimum absolute atomic E-state index is 0.0706. The van der Waals surface area contributed by atoms with Gasteiger partial charge in [-0.25, -0.2) is 0 Å². The van der Waals surface area contributed by atoms with Crippen LogP contribution in [0.4, 0.5) is 0 Å². The van der Waals surface area contributed by atoms with Crippen LogP contribution < -0.4 is 5.32 Å². The lowest BCUT2D eigenvalue weighted by Crippen LogP contribution is -2.37. The number of halogens is 1. The van der Waals surface area contributed by atoms with Gasteiger partial charge in [-0.1, -0.05) is 18.5 Å².